The van der Waals surface area contributed by atoms with Gasteiger partial charge in [-0.1, -0.05) is 28.8 Å². The van der Waals surface area contributed by atoms with Crippen LogP contribution in [-0.4, -0.2) is 30.5 Å². The first-order valence-corrected chi connectivity index (χ1v) is 7.73. The zero-order valence-corrected chi connectivity index (χ0v) is 12.9. The Morgan fingerprint density at radius 1 is 1.26 bits per heavy atom. The molecule has 0 unspecified atom stereocenters. The van der Waals surface area contributed by atoms with Gasteiger partial charge in [-0.3, -0.25) is 4.79 Å². The molecule has 0 radical (unpaired) electrons. The van der Waals surface area contributed by atoms with Gasteiger partial charge in [0.1, 0.15) is 5.75 Å². The molecule has 1 amide bonds. The molecule has 0 spiro atoms. The van der Waals surface area contributed by atoms with E-state index in [-0.39, 0.29) is 5.91 Å². The number of hydrogen-bond donors (Lipinski definition) is 0. The largest absolute Gasteiger partial charge is 0.493 e. The number of benzene rings is 1. The number of ether oxygens (including phenoxy) is 1. The van der Waals surface area contributed by atoms with Crippen molar-refractivity contribution in [1.82, 2.24) is 4.90 Å². The first-order valence-electron chi connectivity index (χ1n) is 6.94. The number of carbonyl (C=O) groups is 1. The van der Waals surface area contributed by atoms with Gasteiger partial charge in [0.15, 0.2) is 0 Å². The van der Waals surface area contributed by atoms with Gasteiger partial charge in [-0.2, -0.15) is 0 Å². The Labute approximate surface area is 123 Å². The lowest BCUT2D eigenvalue weighted by molar-refractivity contribution is 0.0757. The summed E-state index contributed by atoms with van der Waals surface area (Å²) in [6.07, 6.45) is 4.65. The number of amides is 1. The van der Waals surface area contributed by atoms with Crippen LogP contribution in [0, 0.1) is 0 Å². The highest BCUT2D eigenvalue weighted by molar-refractivity contribution is 9.10. The van der Waals surface area contributed by atoms with Gasteiger partial charge in [0, 0.05) is 17.6 Å². The molecule has 0 atom stereocenters. The van der Waals surface area contributed by atoms with Gasteiger partial charge in [-0.15, -0.1) is 0 Å². The highest BCUT2D eigenvalue weighted by Crippen LogP contribution is 2.25. The van der Waals surface area contributed by atoms with Crippen molar-refractivity contribution in [2.45, 2.75) is 32.6 Å². The van der Waals surface area contributed by atoms with Crippen LogP contribution < -0.4 is 4.74 Å². The number of carbonyl (C=O) groups excluding carboxylic acids is 1. The third-order valence-electron chi connectivity index (χ3n) is 3.37. The van der Waals surface area contributed by atoms with Crippen LogP contribution in [0.5, 0.6) is 5.75 Å². The van der Waals surface area contributed by atoms with Crippen LogP contribution in [0.3, 0.4) is 0 Å². The van der Waals surface area contributed by atoms with Crippen molar-refractivity contribution >= 4 is 21.8 Å². The molecule has 1 saturated heterocycles. The monoisotopic (exact) mass is 325 g/mol. The molecule has 1 heterocycles. The summed E-state index contributed by atoms with van der Waals surface area (Å²) in [4.78, 5) is 14.6. The van der Waals surface area contributed by atoms with Gasteiger partial charge < -0.3 is 9.64 Å². The zero-order valence-electron chi connectivity index (χ0n) is 11.3. The second-order valence-electron chi connectivity index (χ2n) is 4.78. The zero-order chi connectivity index (χ0) is 13.7. The number of hydrogen-bond acceptors (Lipinski definition) is 2. The molecule has 0 saturated carbocycles. The third-order valence-corrected chi connectivity index (χ3v) is 3.86. The summed E-state index contributed by atoms with van der Waals surface area (Å²) in [6.45, 7) is 4.22. The van der Waals surface area contributed by atoms with Gasteiger partial charge in [-0.05, 0) is 38.0 Å². The standard InChI is InChI=1S/C15H20BrNO2/c1-2-19-14-8-7-12(16)11-13(14)15(18)17-9-5-3-4-6-10-17/h7-8,11H,2-6,9-10H2,1H3. The van der Waals surface area contributed by atoms with Crippen molar-refractivity contribution in [3.8, 4) is 5.75 Å². The Morgan fingerprint density at radius 3 is 2.58 bits per heavy atom. The van der Waals surface area contributed by atoms with E-state index < -0.39 is 0 Å². The van der Waals surface area contributed by atoms with E-state index in [0.717, 1.165) is 30.4 Å². The molecule has 4 heteroatoms. The first kappa shape index (κ1) is 14.4. The van der Waals surface area contributed by atoms with E-state index >= 15 is 0 Å². The summed E-state index contributed by atoms with van der Waals surface area (Å²) in [7, 11) is 0. The van der Waals surface area contributed by atoms with Crippen LogP contribution in [0.1, 0.15) is 43.0 Å². The molecule has 104 valence electrons. The van der Waals surface area contributed by atoms with Crippen LogP contribution in [0.15, 0.2) is 22.7 Å². The van der Waals surface area contributed by atoms with Gasteiger partial charge in [-0.25, -0.2) is 0 Å². The Hall–Kier alpha value is -1.03. The molecular weight excluding hydrogens is 306 g/mol. The number of likely N-dealkylation sites (tertiary alicyclic amines) is 1. The molecule has 1 fully saturated rings. The lowest BCUT2D eigenvalue weighted by Crippen LogP contribution is -2.32. The molecule has 19 heavy (non-hydrogen) atoms. The first-order chi connectivity index (χ1) is 9.22. The average molecular weight is 326 g/mol. The van der Waals surface area contributed by atoms with Crippen LogP contribution in [0.4, 0.5) is 0 Å². The lowest BCUT2D eigenvalue weighted by Gasteiger charge is -2.21. The van der Waals surface area contributed by atoms with Crippen LogP contribution in [0.25, 0.3) is 0 Å². The molecule has 2 rings (SSSR count). The number of halogens is 1. The van der Waals surface area contributed by atoms with Crippen molar-refractivity contribution in [2.24, 2.45) is 0 Å². The van der Waals surface area contributed by atoms with Gasteiger partial charge in [0.05, 0.1) is 12.2 Å². The second-order valence-corrected chi connectivity index (χ2v) is 5.70. The maximum atomic E-state index is 12.6. The predicted octanol–water partition coefficient (Wildman–Crippen LogP) is 3.86. The minimum atomic E-state index is 0.0895. The molecule has 3 nitrogen and oxygen atoms in total. The summed E-state index contributed by atoms with van der Waals surface area (Å²) >= 11 is 3.43. The van der Waals surface area contributed by atoms with E-state index in [9.17, 15) is 4.79 Å². The third kappa shape index (κ3) is 3.72. The Morgan fingerprint density at radius 2 is 1.95 bits per heavy atom. The topological polar surface area (TPSA) is 29.5 Å². The Balaban J connectivity index is 2.23. The smallest absolute Gasteiger partial charge is 0.257 e. The van der Waals surface area contributed by atoms with Crippen LogP contribution in [-0.2, 0) is 0 Å². The molecule has 0 aliphatic carbocycles. The van der Waals surface area contributed by atoms with E-state index in [0.29, 0.717) is 17.9 Å². The van der Waals surface area contributed by atoms with Gasteiger partial charge in [0.2, 0.25) is 0 Å². The highest BCUT2D eigenvalue weighted by Gasteiger charge is 2.20. The molecule has 0 aromatic heterocycles. The molecular formula is C15H20BrNO2. The molecule has 0 bridgehead atoms. The minimum Gasteiger partial charge on any atom is -0.493 e. The summed E-state index contributed by atoms with van der Waals surface area (Å²) in [5, 5.41) is 0. The maximum Gasteiger partial charge on any atom is 0.257 e. The number of nitrogens with zero attached hydrogens (tertiary/aromatic N) is 1. The summed E-state index contributed by atoms with van der Waals surface area (Å²) in [5.41, 5.74) is 0.665. The average Bonchev–Trinajstić information content (AvgIpc) is 2.69. The van der Waals surface area contributed by atoms with E-state index in [2.05, 4.69) is 15.9 Å². The second kappa shape index (κ2) is 6.94. The van der Waals surface area contributed by atoms with E-state index in [4.69, 9.17) is 4.74 Å². The molecule has 1 aromatic carbocycles. The van der Waals surface area contributed by atoms with Crippen molar-refractivity contribution in [2.75, 3.05) is 19.7 Å². The minimum absolute atomic E-state index is 0.0895. The fourth-order valence-electron chi connectivity index (χ4n) is 2.39. The van der Waals surface area contributed by atoms with E-state index in [1.54, 1.807) is 0 Å². The van der Waals surface area contributed by atoms with Crippen LogP contribution in [0.2, 0.25) is 0 Å². The Bertz CT molecular complexity index is 440. The van der Waals surface area contributed by atoms with Crippen LogP contribution >= 0.6 is 15.9 Å². The van der Waals surface area contributed by atoms with Crippen molar-refractivity contribution in [1.29, 1.82) is 0 Å². The van der Waals surface area contributed by atoms with Crippen molar-refractivity contribution in [3.05, 3.63) is 28.2 Å². The maximum absolute atomic E-state index is 12.6. The molecule has 1 aliphatic heterocycles. The van der Waals surface area contributed by atoms with Crippen molar-refractivity contribution < 1.29 is 9.53 Å². The Kier molecular flexibility index (Phi) is 5.25. The molecule has 1 aliphatic rings. The van der Waals surface area contributed by atoms with Crippen molar-refractivity contribution in [3.63, 3.8) is 0 Å². The summed E-state index contributed by atoms with van der Waals surface area (Å²) in [5.74, 6) is 0.770. The lowest BCUT2D eigenvalue weighted by atomic mass is 10.1. The quantitative estimate of drug-likeness (QED) is 0.844. The predicted molar refractivity (Wildman–Crippen MR) is 79.7 cm³/mol. The van der Waals surface area contributed by atoms with Gasteiger partial charge >= 0.3 is 0 Å². The SMILES string of the molecule is CCOc1ccc(Br)cc1C(=O)N1CCCCCC1. The molecule has 1 aromatic rings. The van der Waals surface area contributed by atoms with Gasteiger partial charge in [0.25, 0.3) is 5.91 Å². The van der Waals surface area contributed by atoms with E-state index in [1.165, 1.54) is 12.8 Å². The normalized spacial score (nSPS) is 16.0. The summed E-state index contributed by atoms with van der Waals surface area (Å²) < 4.78 is 6.48. The van der Waals surface area contributed by atoms with E-state index in [1.807, 2.05) is 30.0 Å². The molecule has 0 N–H and O–H groups in total. The fraction of sp³-hybridized carbons (Fsp3) is 0.533. The highest BCUT2D eigenvalue weighted by atomic mass is 79.9. The number of rotatable bonds is 3. The fourth-order valence-corrected chi connectivity index (χ4v) is 2.76. The summed E-state index contributed by atoms with van der Waals surface area (Å²) in [6, 6.07) is 5.63.